The molecule has 3 aliphatic rings. The van der Waals surface area contributed by atoms with Crippen LogP contribution in [0.2, 0.25) is 0 Å². The molecule has 44 heteroatoms. The predicted octanol–water partition coefficient (Wildman–Crippen LogP) is 2.09. The van der Waals surface area contributed by atoms with Crippen LogP contribution in [0.25, 0.3) is 11.1 Å². The summed E-state index contributed by atoms with van der Waals surface area (Å²) < 4.78 is 66.5. The number of phenols is 22. The van der Waals surface area contributed by atoms with Crippen LogP contribution in [-0.2, 0) is 47.4 Å². The van der Waals surface area contributed by atoms with Gasteiger partial charge in [-0.1, -0.05) is 0 Å². The normalized spacial score (nSPS) is 19.8. The Morgan fingerprint density at radius 3 is 1.18 bits per heavy atom. The van der Waals surface area contributed by atoms with Crippen LogP contribution in [0.3, 0.4) is 0 Å². The number of carbonyl (C=O) groups excluding carboxylic acids is 8. The van der Waals surface area contributed by atoms with Gasteiger partial charge in [-0.25, -0.2) is 38.4 Å². The quantitative estimate of drug-likeness (QED) is 0.0374. The third-order valence-corrected chi connectivity index (χ3v) is 17.0. The minimum atomic E-state index is -2.87. The number of rotatable bonds is 16. The molecule has 10 atom stereocenters. The maximum Gasteiger partial charge on any atom is 0.342 e. The fraction of sp³-hybridized carbons (Fsp3) is 0.188. The van der Waals surface area contributed by atoms with Crippen molar-refractivity contribution < 1.29 is 218 Å². The predicted molar refractivity (Wildman–Crippen MR) is 351 cm³/mol. The molecule has 0 radical (unpaired) electrons. The van der Waals surface area contributed by atoms with Gasteiger partial charge in [0.2, 0.25) is 59.3 Å². The highest BCUT2D eigenvalue weighted by Gasteiger charge is 2.57. The lowest BCUT2D eigenvalue weighted by Gasteiger charge is -2.43. The molecule has 0 aliphatic carbocycles. The van der Waals surface area contributed by atoms with Gasteiger partial charge in [-0.15, -0.1) is 0 Å². The topological polar surface area (TPSA) is 733 Å². The Labute approximate surface area is 623 Å². The summed E-state index contributed by atoms with van der Waals surface area (Å²) in [7, 11) is 0.989. The number of fused-ring (bicyclic) bond motifs is 4. The summed E-state index contributed by atoms with van der Waals surface area (Å²) >= 11 is 0. The lowest BCUT2D eigenvalue weighted by Crippen LogP contribution is -2.63. The van der Waals surface area contributed by atoms with E-state index in [-0.39, 0.29) is 6.07 Å². The summed E-state index contributed by atoms with van der Waals surface area (Å²) in [5.74, 6) is -47.4. The Kier molecular flexibility index (Phi) is 21.1. The fourth-order valence-corrected chi connectivity index (χ4v) is 11.4. The Morgan fingerprint density at radius 2 is 0.726 bits per heavy atom. The van der Waals surface area contributed by atoms with Crippen LogP contribution in [0.15, 0.2) is 78.9 Å². The first-order chi connectivity index (χ1) is 53.2. The zero-order valence-corrected chi connectivity index (χ0v) is 56.1. The SMILES string of the molecule is COc1cc(C(=O)O[C@@H]2O[C@H](CO)[C@@H](O)[C@H](OC(=O)c3cc(O)c(O)c(O)c3)[C@H]2OC(=O)c2cc(O)c(O)c(O)c2Oc2c(O)cc(C(=O)O[C@@H]3O[C@@H]4COC(=O)c5cc(O)c(O)c(O)c5-c5c(cc(O)c(O)c5O)C(=O)O[C@H]4[C@H](OC(=O)c4cc(O)c(O)c(O)c4)[C@H]3OC(=O)c3cc(O)c(O)c(O)c3)cc2O)cc(O)c1O. The van der Waals surface area contributed by atoms with E-state index < -0.39 is 322 Å². The number of aliphatic hydroxyl groups is 2. The molecule has 8 aromatic carbocycles. The molecule has 0 unspecified atom stereocenters. The number of ether oxygens (including phenoxy) is 12. The zero-order valence-electron chi connectivity index (χ0n) is 56.1. The molecule has 594 valence electrons. The molecule has 24 N–H and O–H groups in total. The van der Waals surface area contributed by atoms with Crippen LogP contribution in [-0.4, -0.2) is 252 Å². The van der Waals surface area contributed by atoms with Crippen LogP contribution in [0.1, 0.15) is 82.9 Å². The van der Waals surface area contributed by atoms with E-state index in [0.717, 1.165) is 13.2 Å². The van der Waals surface area contributed by atoms with E-state index in [0.29, 0.717) is 66.7 Å². The van der Waals surface area contributed by atoms with Crippen LogP contribution < -0.4 is 9.47 Å². The molecule has 2 saturated heterocycles. The Hall–Kier alpha value is -15.4. The van der Waals surface area contributed by atoms with E-state index in [1.54, 1.807) is 0 Å². The van der Waals surface area contributed by atoms with Crippen LogP contribution >= 0.6 is 0 Å². The minimum absolute atomic E-state index is 0.232. The van der Waals surface area contributed by atoms with E-state index in [4.69, 9.17) is 56.8 Å². The third-order valence-electron chi connectivity index (χ3n) is 17.0. The van der Waals surface area contributed by atoms with Gasteiger partial charge in [-0.05, 0) is 72.8 Å². The van der Waals surface area contributed by atoms with Crippen molar-refractivity contribution in [1.82, 2.24) is 0 Å². The fourth-order valence-electron chi connectivity index (χ4n) is 11.4. The van der Waals surface area contributed by atoms with Crippen molar-refractivity contribution in [1.29, 1.82) is 0 Å². The maximum atomic E-state index is 14.8. The second-order valence-corrected chi connectivity index (χ2v) is 24.1. The van der Waals surface area contributed by atoms with Crippen molar-refractivity contribution in [3.8, 4) is 155 Å². The molecule has 3 aliphatic heterocycles. The first kappa shape index (κ1) is 78.6. The van der Waals surface area contributed by atoms with Crippen LogP contribution in [0, 0.1) is 0 Å². The largest absolute Gasteiger partial charge is 0.504 e. The van der Waals surface area contributed by atoms with Crippen molar-refractivity contribution in [3.05, 3.63) is 123 Å². The van der Waals surface area contributed by atoms with E-state index >= 15 is 0 Å². The zero-order chi connectivity index (χ0) is 82.7. The molecule has 11 rings (SSSR count). The first-order valence-corrected chi connectivity index (χ1v) is 31.4. The van der Waals surface area contributed by atoms with Crippen LogP contribution in [0.4, 0.5) is 0 Å². The molecule has 113 heavy (non-hydrogen) atoms. The summed E-state index contributed by atoms with van der Waals surface area (Å²) in [6.45, 7) is -2.72. The summed E-state index contributed by atoms with van der Waals surface area (Å²) in [6, 6.07) is 5.67. The second kappa shape index (κ2) is 30.3. The summed E-state index contributed by atoms with van der Waals surface area (Å²) in [4.78, 5) is 115. The molecule has 0 bridgehead atoms. The van der Waals surface area contributed by atoms with E-state index in [2.05, 4.69) is 0 Å². The number of aliphatic hydroxyl groups excluding tert-OH is 2. The number of phenolic OH excluding ortho intramolecular Hbond substituents is 22. The highest BCUT2D eigenvalue weighted by Crippen LogP contribution is 2.55. The molecule has 0 saturated carbocycles. The Balaban J connectivity index is 0.983. The van der Waals surface area contributed by atoms with Crippen molar-refractivity contribution in [2.24, 2.45) is 0 Å². The van der Waals surface area contributed by atoms with Gasteiger partial charge in [-0.3, -0.25) is 0 Å². The average molecular weight is 1590 g/mol. The number of hydrogen-bond donors (Lipinski definition) is 24. The molecule has 3 heterocycles. The monoisotopic (exact) mass is 1590 g/mol. The van der Waals surface area contributed by atoms with E-state index in [1.165, 1.54) is 0 Å². The summed E-state index contributed by atoms with van der Waals surface area (Å²) in [6.07, 6.45) is -25.7. The number of methoxy groups -OCH3 is 1. The number of aromatic hydroxyl groups is 22. The molecule has 0 aromatic heterocycles. The molecule has 44 nitrogen and oxygen atoms in total. The second-order valence-electron chi connectivity index (χ2n) is 24.1. The number of cyclic esters (lactones) is 1. The van der Waals surface area contributed by atoms with Gasteiger partial charge in [0.1, 0.15) is 30.5 Å². The number of carbonyl (C=O) groups is 8. The highest BCUT2D eigenvalue weighted by atomic mass is 16.8. The van der Waals surface area contributed by atoms with Crippen molar-refractivity contribution >= 4 is 47.8 Å². The molecule has 8 aromatic rings. The van der Waals surface area contributed by atoms with E-state index in [9.17, 15) is 161 Å². The average Bonchev–Trinajstić information content (AvgIpc) is 1.63. The standard InChI is InChI=1S/C69H54O44/c1-102-37-11-21(8-31(77)45(37)86)64(98)113-68-58(56(49(90)38(15-70)104-68)108-60(94)17-2-25(71)42(83)26(72)3-17)111-67(101)24-14-34(80)48(89)52(93)53(24)106-54-35(81)9-20(10-36(54)82)63(97)112-69-59(110-62(96)19-6-29(75)44(85)30(76)7-19)57(109-61(95)18-4-27(73)43(84)28(74)5-18)55-39(105-69)16-103-65(99)22-12-32(78)46(87)50(91)40(22)41-23(66(100)107-55)13-33(79)47(88)51(41)92/h2-14,38-39,49,55-59,68-93H,15-16H2,1H3/t38-,39-,49-,55-,56+,57+,58-,59-,68+,69+/m1/s1. The number of esters is 8. The summed E-state index contributed by atoms with van der Waals surface area (Å²) in [5.41, 5.74) is -10.7. The van der Waals surface area contributed by atoms with Gasteiger partial charge in [0.05, 0.1) is 52.7 Å². The molecule has 0 amide bonds. The summed E-state index contributed by atoms with van der Waals surface area (Å²) in [5, 5.41) is 257. The molecule has 2 fully saturated rings. The highest BCUT2D eigenvalue weighted by molar-refractivity contribution is 6.09. The van der Waals surface area contributed by atoms with Gasteiger partial charge in [0, 0.05) is 17.2 Å². The van der Waals surface area contributed by atoms with Crippen LogP contribution in [0.5, 0.6) is 144 Å². The van der Waals surface area contributed by atoms with Gasteiger partial charge >= 0.3 is 47.8 Å². The number of benzene rings is 8. The van der Waals surface area contributed by atoms with Crippen molar-refractivity contribution in [2.75, 3.05) is 20.3 Å². The van der Waals surface area contributed by atoms with Gasteiger partial charge in [0.25, 0.3) is 0 Å². The first-order valence-electron chi connectivity index (χ1n) is 31.4. The maximum absolute atomic E-state index is 14.8. The lowest BCUT2D eigenvalue weighted by atomic mass is 9.92. The minimum Gasteiger partial charge on any atom is -0.504 e. The molecular weight excluding hydrogens is 1530 g/mol. The third kappa shape index (κ3) is 14.8. The van der Waals surface area contributed by atoms with Crippen molar-refractivity contribution in [3.63, 3.8) is 0 Å². The molecular formula is C69H54O44. The van der Waals surface area contributed by atoms with E-state index in [1.807, 2.05) is 0 Å². The Morgan fingerprint density at radius 1 is 0.372 bits per heavy atom. The van der Waals surface area contributed by atoms with Gasteiger partial charge in [0.15, 0.2) is 128 Å². The number of hydrogen-bond acceptors (Lipinski definition) is 44. The Bertz CT molecular complexity index is 5210. The van der Waals surface area contributed by atoms with Gasteiger partial charge in [-0.2, -0.15) is 0 Å². The van der Waals surface area contributed by atoms with Crippen molar-refractivity contribution in [2.45, 2.75) is 61.4 Å². The molecule has 0 spiro atoms. The van der Waals surface area contributed by atoms with Gasteiger partial charge < -0.3 is 179 Å². The lowest BCUT2D eigenvalue weighted by molar-refractivity contribution is -0.283. The smallest absolute Gasteiger partial charge is 0.342 e.